The Kier molecular flexibility index (Phi) is 6.01. The standard InChI is InChI=1S/C28H20N6O/c29-18-25-11-10-19-4-2-9-26(27(19)33-25)32-22-6-1-5-20(16-22)28(35)34-24-8-3-7-23(17-24)31-21-12-14-30-15-13-21/h1-17,32H,(H,30,31)(H,34,35). The van der Waals surface area contributed by atoms with Crippen molar-refractivity contribution in [1.29, 1.82) is 5.26 Å². The zero-order valence-corrected chi connectivity index (χ0v) is 18.6. The van der Waals surface area contributed by atoms with Crippen LogP contribution in [0.5, 0.6) is 0 Å². The van der Waals surface area contributed by atoms with Crippen LogP contribution in [0.3, 0.4) is 0 Å². The Bertz CT molecular complexity index is 1560. The Hall–Kier alpha value is -5.22. The van der Waals surface area contributed by atoms with Crippen LogP contribution in [0.15, 0.2) is 103 Å². The normalized spacial score (nSPS) is 10.4. The number of aromatic nitrogens is 2. The van der Waals surface area contributed by atoms with Gasteiger partial charge in [-0.05, 0) is 66.7 Å². The number of hydrogen-bond donors (Lipinski definition) is 3. The Labute approximate surface area is 202 Å². The summed E-state index contributed by atoms with van der Waals surface area (Å²) in [5, 5.41) is 19.7. The first-order valence-corrected chi connectivity index (χ1v) is 10.9. The Morgan fingerprint density at radius 2 is 1.49 bits per heavy atom. The number of pyridine rings is 2. The fourth-order valence-electron chi connectivity index (χ4n) is 3.68. The van der Waals surface area contributed by atoms with Gasteiger partial charge in [0.2, 0.25) is 0 Å². The van der Waals surface area contributed by atoms with E-state index in [4.69, 9.17) is 0 Å². The molecule has 0 spiro atoms. The molecule has 0 saturated heterocycles. The number of nitrogens with zero attached hydrogens (tertiary/aromatic N) is 3. The van der Waals surface area contributed by atoms with Gasteiger partial charge in [0.25, 0.3) is 5.91 Å². The molecule has 0 radical (unpaired) electrons. The summed E-state index contributed by atoms with van der Waals surface area (Å²) in [7, 11) is 0. The van der Waals surface area contributed by atoms with Gasteiger partial charge in [0, 0.05) is 46.1 Å². The molecule has 0 atom stereocenters. The minimum atomic E-state index is -0.225. The predicted molar refractivity (Wildman–Crippen MR) is 138 cm³/mol. The van der Waals surface area contributed by atoms with Gasteiger partial charge in [0.15, 0.2) is 0 Å². The molecular weight excluding hydrogens is 436 g/mol. The molecule has 7 nitrogen and oxygen atoms in total. The number of carbonyl (C=O) groups excluding carboxylic acids is 1. The van der Waals surface area contributed by atoms with Crippen LogP contribution in [0.25, 0.3) is 10.9 Å². The third-order valence-electron chi connectivity index (χ3n) is 5.33. The molecule has 0 bridgehead atoms. The smallest absolute Gasteiger partial charge is 0.255 e. The van der Waals surface area contributed by atoms with Crippen molar-refractivity contribution < 1.29 is 4.79 Å². The SMILES string of the molecule is N#Cc1ccc2cccc(Nc3cccc(C(=O)Nc4cccc(Nc5ccncc5)c4)c3)c2n1. The maximum Gasteiger partial charge on any atom is 0.255 e. The van der Waals surface area contributed by atoms with Gasteiger partial charge in [0.1, 0.15) is 11.8 Å². The van der Waals surface area contributed by atoms with Gasteiger partial charge in [-0.25, -0.2) is 4.98 Å². The monoisotopic (exact) mass is 456 g/mol. The van der Waals surface area contributed by atoms with E-state index in [1.54, 1.807) is 30.6 Å². The van der Waals surface area contributed by atoms with Crippen LogP contribution in [-0.2, 0) is 0 Å². The highest BCUT2D eigenvalue weighted by Gasteiger charge is 2.09. The van der Waals surface area contributed by atoms with Gasteiger partial charge in [-0.15, -0.1) is 0 Å². The summed E-state index contributed by atoms with van der Waals surface area (Å²) in [4.78, 5) is 21.4. The molecule has 1 amide bonds. The highest BCUT2D eigenvalue weighted by Crippen LogP contribution is 2.26. The van der Waals surface area contributed by atoms with E-state index in [9.17, 15) is 10.1 Å². The largest absolute Gasteiger partial charge is 0.355 e. The quantitative estimate of drug-likeness (QED) is 0.279. The second-order valence-electron chi connectivity index (χ2n) is 7.79. The van der Waals surface area contributed by atoms with E-state index in [0.29, 0.717) is 22.5 Å². The highest BCUT2D eigenvalue weighted by atomic mass is 16.1. The number of nitrogens with one attached hydrogen (secondary N) is 3. The Balaban J connectivity index is 1.33. The van der Waals surface area contributed by atoms with Crippen molar-refractivity contribution in [1.82, 2.24) is 9.97 Å². The van der Waals surface area contributed by atoms with Crippen molar-refractivity contribution >= 4 is 45.2 Å². The number of hydrogen-bond acceptors (Lipinski definition) is 6. The lowest BCUT2D eigenvalue weighted by molar-refractivity contribution is 0.102. The van der Waals surface area contributed by atoms with E-state index in [-0.39, 0.29) is 5.91 Å². The molecule has 3 aromatic carbocycles. The fraction of sp³-hybridized carbons (Fsp3) is 0. The Morgan fingerprint density at radius 1 is 0.743 bits per heavy atom. The number of carbonyl (C=O) groups is 1. The number of nitriles is 1. The lowest BCUT2D eigenvalue weighted by Crippen LogP contribution is -2.12. The lowest BCUT2D eigenvalue weighted by atomic mass is 10.1. The predicted octanol–water partition coefficient (Wildman–Crippen LogP) is 6.24. The molecule has 2 aromatic heterocycles. The summed E-state index contributed by atoms with van der Waals surface area (Å²) in [6, 6.07) is 29.9. The molecule has 0 unspecified atom stereocenters. The third-order valence-corrected chi connectivity index (χ3v) is 5.33. The average molecular weight is 457 g/mol. The van der Waals surface area contributed by atoms with Crippen molar-refractivity contribution in [2.75, 3.05) is 16.0 Å². The summed E-state index contributed by atoms with van der Waals surface area (Å²) < 4.78 is 0. The molecule has 35 heavy (non-hydrogen) atoms. The molecule has 0 fully saturated rings. The number of rotatable bonds is 6. The maximum atomic E-state index is 13.0. The van der Waals surface area contributed by atoms with Crippen LogP contribution in [0.2, 0.25) is 0 Å². The summed E-state index contributed by atoms with van der Waals surface area (Å²) in [5.41, 5.74) is 5.48. The van der Waals surface area contributed by atoms with Crippen molar-refractivity contribution in [3.63, 3.8) is 0 Å². The maximum absolute atomic E-state index is 13.0. The number of para-hydroxylation sites is 1. The van der Waals surface area contributed by atoms with Crippen molar-refractivity contribution in [3.8, 4) is 6.07 Å². The minimum Gasteiger partial charge on any atom is -0.355 e. The van der Waals surface area contributed by atoms with Crippen LogP contribution in [0.4, 0.5) is 28.4 Å². The molecule has 3 N–H and O–H groups in total. The van der Waals surface area contributed by atoms with Crippen LogP contribution < -0.4 is 16.0 Å². The zero-order valence-electron chi connectivity index (χ0n) is 18.6. The molecule has 5 rings (SSSR count). The molecule has 0 saturated carbocycles. The molecule has 5 aromatic rings. The second-order valence-corrected chi connectivity index (χ2v) is 7.79. The first-order valence-electron chi connectivity index (χ1n) is 10.9. The average Bonchev–Trinajstić information content (AvgIpc) is 2.89. The van der Waals surface area contributed by atoms with E-state index in [0.717, 1.165) is 28.1 Å². The van der Waals surface area contributed by atoms with Crippen molar-refractivity contribution in [2.45, 2.75) is 0 Å². The van der Waals surface area contributed by atoms with Gasteiger partial charge in [-0.1, -0.05) is 24.3 Å². The minimum absolute atomic E-state index is 0.225. The van der Waals surface area contributed by atoms with E-state index in [1.165, 1.54) is 0 Å². The van der Waals surface area contributed by atoms with Crippen LogP contribution in [0.1, 0.15) is 16.1 Å². The van der Waals surface area contributed by atoms with E-state index in [2.05, 4.69) is 32.0 Å². The number of amides is 1. The number of fused-ring (bicyclic) bond motifs is 1. The van der Waals surface area contributed by atoms with Crippen LogP contribution in [-0.4, -0.2) is 15.9 Å². The van der Waals surface area contributed by atoms with Crippen LogP contribution >= 0.6 is 0 Å². The van der Waals surface area contributed by atoms with Gasteiger partial charge in [0.05, 0.1) is 11.2 Å². The molecule has 168 valence electrons. The fourth-order valence-corrected chi connectivity index (χ4v) is 3.68. The van der Waals surface area contributed by atoms with Crippen molar-refractivity contribution in [2.24, 2.45) is 0 Å². The summed E-state index contributed by atoms with van der Waals surface area (Å²) in [5.74, 6) is -0.225. The van der Waals surface area contributed by atoms with Gasteiger partial charge in [-0.3, -0.25) is 9.78 Å². The second kappa shape index (κ2) is 9.73. The van der Waals surface area contributed by atoms with E-state index >= 15 is 0 Å². The lowest BCUT2D eigenvalue weighted by Gasteiger charge is -2.12. The number of benzene rings is 3. The van der Waals surface area contributed by atoms with Gasteiger partial charge >= 0.3 is 0 Å². The van der Waals surface area contributed by atoms with Crippen LogP contribution in [0, 0.1) is 11.3 Å². The summed E-state index contributed by atoms with van der Waals surface area (Å²) in [6.45, 7) is 0. The Morgan fingerprint density at radius 3 is 2.31 bits per heavy atom. The highest BCUT2D eigenvalue weighted by molar-refractivity contribution is 6.05. The summed E-state index contributed by atoms with van der Waals surface area (Å²) >= 11 is 0. The summed E-state index contributed by atoms with van der Waals surface area (Å²) in [6.07, 6.45) is 3.43. The first-order chi connectivity index (χ1) is 17.2. The molecule has 2 heterocycles. The van der Waals surface area contributed by atoms with Gasteiger partial charge in [-0.2, -0.15) is 5.26 Å². The first kappa shape index (κ1) is 21.6. The molecule has 0 aliphatic carbocycles. The zero-order chi connectivity index (χ0) is 24.0. The molecule has 0 aliphatic heterocycles. The van der Waals surface area contributed by atoms with Gasteiger partial charge < -0.3 is 16.0 Å². The molecule has 0 aliphatic rings. The van der Waals surface area contributed by atoms with E-state index in [1.807, 2.05) is 72.8 Å². The van der Waals surface area contributed by atoms with E-state index < -0.39 is 0 Å². The third kappa shape index (κ3) is 5.07. The van der Waals surface area contributed by atoms with Crippen molar-refractivity contribution in [3.05, 3.63) is 115 Å². The number of anilines is 5. The molecule has 7 heteroatoms. The topological polar surface area (TPSA) is 103 Å². The molecular formula is C28H20N6O.